The first kappa shape index (κ1) is 19.3. The molecule has 2 saturated heterocycles. The molecule has 0 aromatic heterocycles. The van der Waals surface area contributed by atoms with Gasteiger partial charge in [-0.3, -0.25) is 9.59 Å². The maximum absolute atomic E-state index is 12.9. The SMILES string of the molecule is CCC(=O)N[C@H](C)C(=O)N1CCC[C@H]1B1OC2C[C@@H]3C[C@@H](C3(C)C)[C@]2(C)O1. The van der Waals surface area contributed by atoms with Crippen molar-refractivity contribution in [2.24, 2.45) is 17.3 Å². The first-order valence-electron chi connectivity index (χ1n) is 10.6. The van der Waals surface area contributed by atoms with E-state index in [1.807, 2.05) is 4.90 Å². The van der Waals surface area contributed by atoms with Crippen molar-refractivity contribution in [1.29, 1.82) is 0 Å². The van der Waals surface area contributed by atoms with E-state index in [0.29, 0.717) is 30.2 Å². The van der Waals surface area contributed by atoms with Gasteiger partial charge in [-0.05, 0) is 56.8 Å². The molecule has 7 heteroatoms. The van der Waals surface area contributed by atoms with Crippen LogP contribution >= 0.6 is 0 Å². The van der Waals surface area contributed by atoms with Crippen LogP contribution in [0.1, 0.15) is 66.7 Å². The van der Waals surface area contributed by atoms with E-state index < -0.39 is 6.04 Å². The van der Waals surface area contributed by atoms with Crippen LogP contribution in [0.15, 0.2) is 0 Å². The van der Waals surface area contributed by atoms with Crippen molar-refractivity contribution in [3.05, 3.63) is 0 Å². The lowest BCUT2D eigenvalue weighted by atomic mass is 9.43. The summed E-state index contributed by atoms with van der Waals surface area (Å²) in [7, 11) is -0.351. The molecule has 1 N–H and O–H groups in total. The van der Waals surface area contributed by atoms with Crippen LogP contribution in [-0.4, -0.2) is 54.1 Å². The molecule has 27 heavy (non-hydrogen) atoms. The summed E-state index contributed by atoms with van der Waals surface area (Å²) in [5, 5.41) is 2.79. The number of hydrogen-bond acceptors (Lipinski definition) is 4. The van der Waals surface area contributed by atoms with E-state index in [-0.39, 0.29) is 36.6 Å². The van der Waals surface area contributed by atoms with Crippen LogP contribution in [0.25, 0.3) is 0 Å². The summed E-state index contributed by atoms with van der Waals surface area (Å²) in [5.41, 5.74) is 0.0654. The minimum absolute atomic E-state index is 0.0313. The fraction of sp³-hybridized carbons (Fsp3) is 0.900. The molecule has 0 aromatic carbocycles. The molecule has 3 aliphatic carbocycles. The monoisotopic (exact) mass is 376 g/mol. The lowest BCUT2D eigenvalue weighted by molar-refractivity contribution is -0.199. The Kier molecular flexibility index (Phi) is 4.62. The van der Waals surface area contributed by atoms with Crippen LogP contribution in [0.3, 0.4) is 0 Å². The molecule has 5 rings (SSSR count). The van der Waals surface area contributed by atoms with Crippen molar-refractivity contribution in [1.82, 2.24) is 10.2 Å². The summed E-state index contributed by atoms with van der Waals surface area (Å²) in [5.74, 6) is 1.05. The number of carbonyl (C=O) groups excluding carboxylic acids is 2. The summed E-state index contributed by atoms with van der Waals surface area (Å²) >= 11 is 0. The maximum atomic E-state index is 12.9. The predicted octanol–water partition coefficient (Wildman–Crippen LogP) is 2.16. The molecule has 3 saturated carbocycles. The van der Waals surface area contributed by atoms with Crippen LogP contribution in [0.4, 0.5) is 0 Å². The summed E-state index contributed by atoms with van der Waals surface area (Å²) < 4.78 is 13.0. The van der Waals surface area contributed by atoms with Gasteiger partial charge in [-0.2, -0.15) is 0 Å². The maximum Gasteiger partial charge on any atom is 0.481 e. The zero-order chi connectivity index (χ0) is 19.6. The second-order valence-corrected chi connectivity index (χ2v) is 9.72. The van der Waals surface area contributed by atoms with Crippen molar-refractivity contribution < 1.29 is 18.9 Å². The van der Waals surface area contributed by atoms with Gasteiger partial charge in [0.05, 0.1) is 17.6 Å². The van der Waals surface area contributed by atoms with E-state index in [9.17, 15) is 9.59 Å². The second-order valence-electron chi connectivity index (χ2n) is 9.72. The summed E-state index contributed by atoms with van der Waals surface area (Å²) in [6.45, 7) is 11.2. The molecule has 150 valence electrons. The third kappa shape index (κ3) is 2.84. The van der Waals surface area contributed by atoms with Gasteiger partial charge < -0.3 is 19.5 Å². The number of amides is 2. The van der Waals surface area contributed by atoms with Crippen molar-refractivity contribution in [2.75, 3.05) is 6.54 Å². The molecule has 2 bridgehead atoms. The minimum Gasteiger partial charge on any atom is -0.404 e. The van der Waals surface area contributed by atoms with Gasteiger partial charge in [-0.15, -0.1) is 0 Å². The Balaban J connectivity index is 1.46. The Morgan fingerprint density at radius 2 is 2.04 bits per heavy atom. The zero-order valence-electron chi connectivity index (χ0n) is 17.3. The molecule has 2 amide bonds. The highest BCUT2D eigenvalue weighted by atomic mass is 16.7. The van der Waals surface area contributed by atoms with Gasteiger partial charge in [0.1, 0.15) is 6.04 Å². The molecule has 5 fully saturated rings. The average molecular weight is 376 g/mol. The summed E-state index contributed by atoms with van der Waals surface area (Å²) in [6, 6.07) is -0.510. The topological polar surface area (TPSA) is 67.9 Å². The van der Waals surface area contributed by atoms with Gasteiger partial charge in [0, 0.05) is 13.0 Å². The fourth-order valence-corrected chi connectivity index (χ4v) is 6.07. The highest BCUT2D eigenvalue weighted by molar-refractivity contribution is 6.48. The van der Waals surface area contributed by atoms with E-state index in [2.05, 4.69) is 26.1 Å². The van der Waals surface area contributed by atoms with E-state index in [1.165, 1.54) is 6.42 Å². The van der Waals surface area contributed by atoms with Crippen LogP contribution < -0.4 is 5.32 Å². The van der Waals surface area contributed by atoms with Crippen molar-refractivity contribution in [3.8, 4) is 0 Å². The van der Waals surface area contributed by atoms with Crippen LogP contribution in [0, 0.1) is 17.3 Å². The molecule has 6 nitrogen and oxygen atoms in total. The van der Waals surface area contributed by atoms with Gasteiger partial charge in [0.25, 0.3) is 0 Å². The zero-order valence-corrected chi connectivity index (χ0v) is 17.3. The third-order valence-electron chi connectivity index (χ3n) is 7.93. The Morgan fingerprint density at radius 1 is 1.30 bits per heavy atom. The Bertz CT molecular complexity index is 641. The second kappa shape index (κ2) is 6.48. The number of nitrogens with one attached hydrogen (secondary N) is 1. The van der Waals surface area contributed by atoms with Gasteiger partial charge in [0.15, 0.2) is 0 Å². The normalized spacial score (nSPS) is 40.3. The van der Waals surface area contributed by atoms with Gasteiger partial charge in [-0.25, -0.2) is 0 Å². The number of hydrogen-bond donors (Lipinski definition) is 1. The molecule has 5 aliphatic rings. The fourth-order valence-electron chi connectivity index (χ4n) is 6.07. The van der Waals surface area contributed by atoms with Crippen LogP contribution in [0.5, 0.6) is 0 Å². The largest absolute Gasteiger partial charge is 0.481 e. The average Bonchev–Trinajstić information content (AvgIpc) is 3.23. The Labute approximate surface area is 162 Å². The molecule has 2 aliphatic heterocycles. The third-order valence-corrected chi connectivity index (χ3v) is 7.93. The molecule has 1 unspecified atom stereocenters. The van der Waals surface area contributed by atoms with Gasteiger partial charge in [-0.1, -0.05) is 20.8 Å². The first-order chi connectivity index (χ1) is 12.7. The van der Waals surface area contributed by atoms with Crippen molar-refractivity contribution in [2.45, 2.75) is 90.4 Å². The van der Waals surface area contributed by atoms with E-state index in [0.717, 1.165) is 19.3 Å². The molecule has 0 spiro atoms. The number of likely N-dealkylation sites (tertiary alicyclic amines) is 1. The molecule has 2 heterocycles. The molecule has 0 aromatic rings. The van der Waals surface area contributed by atoms with Crippen molar-refractivity contribution in [3.63, 3.8) is 0 Å². The minimum atomic E-state index is -0.510. The Morgan fingerprint density at radius 3 is 2.70 bits per heavy atom. The number of carbonyl (C=O) groups is 2. The number of nitrogens with zero attached hydrogens (tertiary/aromatic N) is 1. The lowest BCUT2D eigenvalue weighted by Crippen LogP contribution is -2.65. The molecule has 0 radical (unpaired) electrons. The summed E-state index contributed by atoms with van der Waals surface area (Å²) in [6.07, 6.45) is 4.64. The lowest BCUT2D eigenvalue weighted by Gasteiger charge is -2.64. The molecular formula is C20H33BN2O4. The van der Waals surface area contributed by atoms with E-state index in [1.54, 1.807) is 13.8 Å². The Hall–Kier alpha value is -1.08. The van der Waals surface area contributed by atoms with Crippen LogP contribution in [0.2, 0.25) is 0 Å². The highest BCUT2D eigenvalue weighted by Gasteiger charge is 2.69. The summed E-state index contributed by atoms with van der Waals surface area (Å²) in [4.78, 5) is 26.5. The van der Waals surface area contributed by atoms with Crippen molar-refractivity contribution >= 4 is 18.9 Å². The van der Waals surface area contributed by atoms with Crippen LogP contribution in [-0.2, 0) is 18.9 Å². The molecule has 6 atom stereocenters. The molecular weight excluding hydrogens is 343 g/mol. The number of rotatable bonds is 4. The first-order valence-corrected chi connectivity index (χ1v) is 10.6. The standard InChI is InChI=1S/C20H33BN2O4/c1-6-17(24)22-12(2)18(25)23-9-7-8-16(23)21-26-15-11-13-10-14(19(13,3)4)20(15,5)27-21/h12-16H,6-11H2,1-5H3,(H,22,24)/t12-,13+,14+,15?,16+,20+/m1/s1. The van der Waals surface area contributed by atoms with Gasteiger partial charge >= 0.3 is 7.12 Å². The van der Waals surface area contributed by atoms with E-state index in [4.69, 9.17) is 9.31 Å². The van der Waals surface area contributed by atoms with Gasteiger partial charge in [0.2, 0.25) is 11.8 Å². The highest BCUT2D eigenvalue weighted by Crippen LogP contribution is 2.65. The van der Waals surface area contributed by atoms with E-state index >= 15 is 0 Å². The smallest absolute Gasteiger partial charge is 0.404 e. The quantitative estimate of drug-likeness (QED) is 0.764. The predicted molar refractivity (Wildman–Crippen MR) is 103 cm³/mol.